The van der Waals surface area contributed by atoms with Crippen molar-refractivity contribution in [2.45, 2.75) is 13.3 Å². The summed E-state index contributed by atoms with van der Waals surface area (Å²) >= 11 is 4.91. The first-order chi connectivity index (χ1) is 9.65. The van der Waals surface area contributed by atoms with Crippen molar-refractivity contribution in [3.8, 4) is 0 Å². The average Bonchev–Trinajstić information content (AvgIpc) is 2.46. The molecule has 0 saturated carbocycles. The van der Waals surface area contributed by atoms with E-state index < -0.39 is 0 Å². The quantitative estimate of drug-likeness (QED) is 0.858. The van der Waals surface area contributed by atoms with E-state index in [-0.39, 0.29) is 4.99 Å². The Hall–Kier alpha value is -2.01. The van der Waals surface area contributed by atoms with E-state index in [1.807, 2.05) is 0 Å². The molecular formula is C15H16N4S. The number of rotatable bonds is 2. The van der Waals surface area contributed by atoms with E-state index in [2.05, 4.69) is 46.1 Å². The summed E-state index contributed by atoms with van der Waals surface area (Å²) in [5.41, 5.74) is 8.68. The molecule has 0 aliphatic carbocycles. The lowest BCUT2D eigenvalue weighted by molar-refractivity contribution is 0.559. The van der Waals surface area contributed by atoms with Crippen molar-refractivity contribution in [2.75, 3.05) is 11.4 Å². The lowest BCUT2D eigenvalue weighted by atomic mass is 9.94. The molecular weight excluding hydrogens is 268 g/mol. The van der Waals surface area contributed by atoms with Crippen molar-refractivity contribution in [1.82, 2.24) is 9.97 Å². The Labute approximate surface area is 123 Å². The Bertz CT molecular complexity index is 639. The minimum Gasteiger partial charge on any atom is -0.388 e. The molecule has 1 atom stereocenters. The zero-order valence-electron chi connectivity index (χ0n) is 11.3. The van der Waals surface area contributed by atoms with Gasteiger partial charge in [-0.25, -0.2) is 9.97 Å². The zero-order valence-corrected chi connectivity index (χ0v) is 12.1. The number of aromatic nitrogens is 2. The fourth-order valence-electron chi connectivity index (χ4n) is 2.60. The first kappa shape index (κ1) is 13.0. The third-order valence-electron chi connectivity index (χ3n) is 3.51. The third-order valence-corrected chi connectivity index (χ3v) is 3.72. The predicted octanol–water partition coefficient (Wildman–Crippen LogP) is 2.44. The van der Waals surface area contributed by atoms with Gasteiger partial charge >= 0.3 is 0 Å². The van der Waals surface area contributed by atoms with Gasteiger partial charge in [-0.2, -0.15) is 0 Å². The molecule has 0 saturated heterocycles. The van der Waals surface area contributed by atoms with Crippen LogP contribution in [0.4, 0.5) is 11.5 Å². The van der Waals surface area contributed by atoms with E-state index in [9.17, 15) is 0 Å². The van der Waals surface area contributed by atoms with Gasteiger partial charge in [0.05, 0.1) is 12.4 Å². The Morgan fingerprint density at radius 2 is 2.10 bits per heavy atom. The van der Waals surface area contributed by atoms with Crippen LogP contribution in [0.15, 0.2) is 36.7 Å². The summed E-state index contributed by atoms with van der Waals surface area (Å²) in [4.78, 5) is 11.2. The normalized spacial score (nSPS) is 17.6. The molecule has 0 spiro atoms. The number of nitrogens with two attached hydrogens (primary N) is 1. The SMILES string of the molecule is CC1Cc2ccccc2N(c2cnc(C(N)=S)cn2)C1. The van der Waals surface area contributed by atoms with Gasteiger partial charge in [0.1, 0.15) is 10.7 Å². The van der Waals surface area contributed by atoms with Gasteiger partial charge in [0.2, 0.25) is 0 Å². The van der Waals surface area contributed by atoms with E-state index in [1.54, 1.807) is 12.4 Å². The fraction of sp³-hybridized carbons (Fsp3) is 0.267. The predicted molar refractivity (Wildman–Crippen MR) is 84.2 cm³/mol. The Balaban J connectivity index is 1.99. The van der Waals surface area contributed by atoms with E-state index >= 15 is 0 Å². The van der Waals surface area contributed by atoms with Crippen molar-refractivity contribution >= 4 is 28.7 Å². The molecule has 4 nitrogen and oxygen atoms in total. The van der Waals surface area contributed by atoms with Gasteiger partial charge in [-0.05, 0) is 24.0 Å². The highest BCUT2D eigenvalue weighted by molar-refractivity contribution is 7.80. The lowest BCUT2D eigenvalue weighted by Crippen LogP contribution is -2.31. The number of nitrogens with zero attached hydrogens (tertiary/aromatic N) is 3. The first-order valence-corrected chi connectivity index (χ1v) is 7.03. The summed E-state index contributed by atoms with van der Waals surface area (Å²) in [5.74, 6) is 1.42. The van der Waals surface area contributed by atoms with E-state index in [0.717, 1.165) is 18.8 Å². The van der Waals surface area contributed by atoms with Gasteiger partial charge in [-0.15, -0.1) is 0 Å². The number of thiocarbonyl (C=S) groups is 1. The lowest BCUT2D eigenvalue weighted by Gasteiger charge is -2.33. The fourth-order valence-corrected chi connectivity index (χ4v) is 2.71. The molecule has 0 radical (unpaired) electrons. The summed E-state index contributed by atoms with van der Waals surface area (Å²) in [7, 11) is 0. The molecule has 1 unspecified atom stereocenters. The van der Waals surface area contributed by atoms with Crippen LogP contribution in [-0.2, 0) is 6.42 Å². The molecule has 2 heterocycles. The van der Waals surface area contributed by atoms with Crippen LogP contribution in [0, 0.1) is 5.92 Å². The van der Waals surface area contributed by atoms with Crippen molar-refractivity contribution < 1.29 is 0 Å². The van der Waals surface area contributed by atoms with Gasteiger partial charge in [0.25, 0.3) is 0 Å². The van der Waals surface area contributed by atoms with Crippen LogP contribution in [0.1, 0.15) is 18.2 Å². The van der Waals surface area contributed by atoms with Gasteiger partial charge in [-0.1, -0.05) is 37.3 Å². The number of hydrogen-bond donors (Lipinski definition) is 1. The van der Waals surface area contributed by atoms with Gasteiger partial charge in [0.15, 0.2) is 5.82 Å². The first-order valence-electron chi connectivity index (χ1n) is 6.62. The average molecular weight is 284 g/mol. The van der Waals surface area contributed by atoms with Gasteiger partial charge < -0.3 is 10.6 Å². The molecule has 5 heteroatoms. The van der Waals surface area contributed by atoms with Crippen LogP contribution in [0.25, 0.3) is 0 Å². The molecule has 1 aromatic carbocycles. The molecule has 20 heavy (non-hydrogen) atoms. The number of anilines is 2. The largest absolute Gasteiger partial charge is 0.388 e. The smallest absolute Gasteiger partial charge is 0.151 e. The maximum absolute atomic E-state index is 5.56. The van der Waals surface area contributed by atoms with Crippen molar-refractivity contribution in [3.63, 3.8) is 0 Å². The molecule has 0 amide bonds. The number of para-hydroxylation sites is 1. The summed E-state index contributed by atoms with van der Waals surface area (Å²) < 4.78 is 0. The summed E-state index contributed by atoms with van der Waals surface area (Å²) in [6.07, 6.45) is 4.48. The van der Waals surface area contributed by atoms with Crippen LogP contribution in [0.3, 0.4) is 0 Å². The van der Waals surface area contributed by atoms with E-state index in [1.165, 1.54) is 11.3 Å². The van der Waals surface area contributed by atoms with Gasteiger partial charge in [0, 0.05) is 12.2 Å². The van der Waals surface area contributed by atoms with Crippen molar-refractivity contribution in [3.05, 3.63) is 47.9 Å². The van der Waals surface area contributed by atoms with Gasteiger partial charge in [-0.3, -0.25) is 0 Å². The maximum Gasteiger partial charge on any atom is 0.151 e. The van der Waals surface area contributed by atoms with Crippen LogP contribution >= 0.6 is 12.2 Å². The van der Waals surface area contributed by atoms with Crippen molar-refractivity contribution in [1.29, 1.82) is 0 Å². The Morgan fingerprint density at radius 3 is 2.80 bits per heavy atom. The zero-order chi connectivity index (χ0) is 14.1. The van der Waals surface area contributed by atoms with Crippen LogP contribution < -0.4 is 10.6 Å². The topological polar surface area (TPSA) is 55.0 Å². The van der Waals surface area contributed by atoms with Crippen molar-refractivity contribution in [2.24, 2.45) is 11.7 Å². The second kappa shape index (κ2) is 5.17. The molecule has 102 valence electrons. The highest BCUT2D eigenvalue weighted by atomic mass is 32.1. The second-order valence-electron chi connectivity index (χ2n) is 5.17. The number of benzene rings is 1. The Kier molecular flexibility index (Phi) is 3.36. The molecule has 1 aliphatic rings. The third kappa shape index (κ3) is 2.36. The molecule has 2 aromatic rings. The summed E-state index contributed by atoms with van der Waals surface area (Å²) in [6.45, 7) is 3.19. The summed E-state index contributed by atoms with van der Waals surface area (Å²) in [6, 6.07) is 8.44. The standard InChI is InChI=1S/C15H16N4S/c1-10-6-11-4-2-3-5-13(11)19(9-10)14-8-17-12(7-18-14)15(16)20/h2-5,7-8,10H,6,9H2,1H3,(H2,16,20). The van der Waals surface area contributed by atoms with Crippen LogP contribution in [0.2, 0.25) is 0 Å². The number of fused-ring (bicyclic) bond motifs is 1. The maximum atomic E-state index is 5.56. The van der Waals surface area contributed by atoms with Crippen LogP contribution in [-0.4, -0.2) is 21.5 Å². The monoisotopic (exact) mass is 284 g/mol. The van der Waals surface area contributed by atoms with E-state index in [0.29, 0.717) is 11.6 Å². The molecule has 3 rings (SSSR count). The Morgan fingerprint density at radius 1 is 1.30 bits per heavy atom. The van der Waals surface area contributed by atoms with Crippen LogP contribution in [0.5, 0.6) is 0 Å². The minimum atomic E-state index is 0.275. The van der Waals surface area contributed by atoms with E-state index in [4.69, 9.17) is 18.0 Å². The number of hydrogen-bond acceptors (Lipinski definition) is 4. The second-order valence-corrected chi connectivity index (χ2v) is 5.61. The molecule has 2 N–H and O–H groups in total. The molecule has 1 aromatic heterocycles. The summed E-state index contributed by atoms with van der Waals surface area (Å²) in [5, 5.41) is 0. The molecule has 0 fully saturated rings. The highest BCUT2D eigenvalue weighted by Gasteiger charge is 2.23. The minimum absolute atomic E-state index is 0.275. The highest BCUT2D eigenvalue weighted by Crippen LogP contribution is 2.33. The molecule has 1 aliphatic heterocycles. The molecule has 0 bridgehead atoms.